The third kappa shape index (κ3) is 3.66. The first-order valence-electron chi connectivity index (χ1n) is 7.47. The maximum absolute atomic E-state index is 10.7. The average molecular weight is 303 g/mol. The van der Waals surface area contributed by atoms with E-state index in [-0.39, 0.29) is 0 Å². The minimum atomic E-state index is -0.610. The van der Waals surface area contributed by atoms with E-state index in [4.69, 9.17) is 11.6 Å². The van der Waals surface area contributed by atoms with Gasteiger partial charge in [0.15, 0.2) is 0 Å². The number of aliphatic hydroxyl groups excluding tert-OH is 1. The van der Waals surface area contributed by atoms with E-state index in [1.165, 1.54) is 11.1 Å². The summed E-state index contributed by atoms with van der Waals surface area (Å²) < 4.78 is 0. The Labute approximate surface area is 132 Å². The van der Waals surface area contributed by atoms with E-state index in [1.807, 2.05) is 24.3 Å². The van der Waals surface area contributed by atoms with Crippen molar-refractivity contribution >= 4 is 11.6 Å². The van der Waals surface area contributed by atoms with Crippen LogP contribution in [0.25, 0.3) is 0 Å². The van der Waals surface area contributed by atoms with Crippen molar-refractivity contribution in [1.82, 2.24) is 0 Å². The highest BCUT2D eigenvalue weighted by molar-refractivity contribution is 6.30. The van der Waals surface area contributed by atoms with Crippen LogP contribution < -0.4 is 0 Å². The highest BCUT2D eigenvalue weighted by Crippen LogP contribution is 2.32. The molecule has 0 aliphatic heterocycles. The number of rotatable bonds is 4. The van der Waals surface area contributed by atoms with Gasteiger partial charge in [0.25, 0.3) is 0 Å². The fourth-order valence-electron chi connectivity index (χ4n) is 2.53. The highest BCUT2D eigenvalue weighted by Gasteiger charge is 2.17. The second kappa shape index (κ2) is 6.64. The Hall–Kier alpha value is -1.31. The molecule has 0 aliphatic rings. The molecule has 0 heterocycles. The van der Waals surface area contributed by atoms with Gasteiger partial charge in [0.1, 0.15) is 6.10 Å². The van der Waals surface area contributed by atoms with Gasteiger partial charge >= 0.3 is 0 Å². The summed E-state index contributed by atoms with van der Waals surface area (Å²) in [6.07, 6.45) is -0.610. The number of benzene rings is 2. The number of hydrogen-bond acceptors (Lipinski definition) is 1. The molecule has 0 saturated carbocycles. The molecule has 2 rings (SSSR count). The maximum Gasteiger partial charge on any atom is 0.104 e. The van der Waals surface area contributed by atoms with Crippen LogP contribution in [0.2, 0.25) is 5.02 Å². The number of halogens is 1. The van der Waals surface area contributed by atoms with E-state index in [9.17, 15) is 5.11 Å². The largest absolute Gasteiger partial charge is 0.384 e. The summed E-state index contributed by atoms with van der Waals surface area (Å²) >= 11 is 5.92. The molecule has 0 fully saturated rings. The SMILES string of the molecule is CC(C)c1ccc(C(O)c2ccc(Cl)cc2)c(C(C)C)c1. The van der Waals surface area contributed by atoms with Gasteiger partial charge in [-0.15, -0.1) is 0 Å². The van der Waals surface area contributed by atoms with Crippen LogP contribution in [0.15, 0.2) is 42.5 Å². The van der Waals surface area contributed by atoms with Crippen LogP contribution in [-0.2, 0) is 0 Å². The van der Waals surface area contributed by atoms with Crippen molar-refractivity contribution in [2.45, 2.75) is 45.6 Å². The molecule has 2 aromatic rings. The first-order chi connectivity index (χ1) is 9.90. The summed E-state index contributed by atoms with van der Waals surface area (Å²) in [6.45, 7) is 8.71. The van der Waals surface area contributed by atoms with Crippen molar-refractivity contribution in [1.29, 1.82) is 0 Å². The molecule has 0 radical (unpaired) electrons. The van der Waals surface area contributed by atoms with Crippen molar-refractivity contribution in [3.05, 3.63) is 69.7 Å². The van der Waals surface area contributed by atoms with Gasteiger partial charge in [0, 0.05) is 5.02 Å². The Kier molecular flexibility index (Phi) is 5.08. The van der Waals surface area contributed by atoms with Crippen LogP contribution in [0.1, 0.15) is 67.9 Å². The summed E-state index contributed by atoms with van der Waals surface area (Å²) in [7, 11) is 0. The smallest absolute Gasteiger partial charge is 0.104 e. The van der Waals surface area contributed by atoms with Crippen molar-refractivity contribution in [2.75, 3.05) is 0 Å². The Balaban J connectivity index is 2.44. The van der Waals surface area contributed by atoms with E-state index in [0.29, 0.717) is 16.9 Å². The lowest BCUT2D eigenvalue weighted by molar-refractivity contribution is 0.218. The lowest BCUT2D eigenvalue weighted by atomic mass is 9.87. The molecule has 0 bridgehead atoms. The van der Waals surface area contributed by atoms with Crippen molar-refractivity contribution in [3.8, 4) is 0 Å². The van der Waals surface area contributed by atoms with Gasteiger partial charge in [-0.05, 0) is 46.2 Å². The van der Waals surface area contributed by atoms with Gasteiger partial charge in [0.2, 0.25) is 0 Å². The molecule has 0 aliphatic carbocycles. The van der Waals surface area contributed by atoms with Crippen LogP contribution in [0.3, 0.4) is 0 Å². The summed E-state index contributed by atoms with van der Waals surface area (Å²) in [5.41, 5.74) is 4.38. The molecule has 1 unspecified atom stereocenters. The number of aliphatic hydroxyl groups is 1. The van der Waals surface area contributed by atoms with Gasteiger partial charge in [0.05, 0.1) is 0 Å². The minimum Gasteiger partial charge on any atom is -0.384 e. The Morgan fingerprint density at radius 2 is 1.33 bits per heavy atom. The van der Waals surface area contributed by atoms with Crippen molar-refractivity contribution in [3.63, 3.8) is 0 Å². The van der Waals surface area contributed by atoms with Crippen LogP contribution in [0.5, 0.6) is 0 Å². The molecule has 21 heavy (non-hydrogen) atoms. The van der Waals surface area contributed by atoms with E-state index >= 15 is 0 Å². The highest BCUT2D eigenvalue weighted by atomic mass is 35.5. The second-order valence-electron chi connectivity index (χ2n) is 6.15. The molecule has 2 heteroatoms. The Morgan fingerprint density at radius 1 is 0.762 bits per heavy atom. The summed E-state index contributed by atoms with van der Waals surface area (Å²) in [5.74, 6) is 0.866. The molecule has 0 aromatic heterocycles. The van der Waals surface area contributed by atoms with Gasteiger partial charge in [-0.3, -0.25) is 0 Å². The second-order valence-corrected chi connectivity index (χ2v) is 6.59. The lowest BCUT2D eigenvalue weighted by Gasteiger charge is -2.20. The van der Waals surface area contributed by atoms with Crippen LogP contribution >= 0.6 is 11.6 Å². The third-order valence-corrected chi connectivity index (χ3v) is 4.13. The molecule has 0 spiro atoms. The molecule has 112 valence electrons. The van der Waals surface area contributed by atoms with Crippen LogP contribution in [-0.4, -0.2) is 5.11 Å². The fourth-order valence-corrected chi connectivity index (χ4v) is 2.65. The molecular weight excluding hydrogens is 280 g/mol. The predicted octanol–water partition coefficient (Wildman–Crippen LogP) is 5.67. The monoisotopic (exact) mass is 302 g/mol. The summed E-state index contributed by atoms with van der Waals surface area (Å²) in [4.78, 5) is 0. The Bertz CT molecular complexity index is 599. The normalized spacial score (nSPS) is 13.0. The molecule has 0 saturated heterocycles. The number of hydrogen-bond donors (Lipinski definition) is 1. The van der Waals surface area contributed by atoms with E-state index in [1.54, 1.807) is 0 Å². The van der Waals surface area contributed by atoms with Gasteiger partial charge in [-0.2, -0.15) is 0 Å². The van der Waals surface area contributed by atoms with Gasteiger partial charge in [-0.1, -0.05) is 69.6 Å². The summed E-state index contributed by atoms with van der Waals surface area (Å²) in [5, 5.41) is 11.4. The molecule has 1 nitrogen and oxygen atoms in total. The van der Waals surface area contributed by atoms with Crippen molar-refractivity contribution in [2.24, 2.45) is 0 Å². The lowest BCUT2D eigenvalue weighted by Crippen LogP contribution is -2.06. The van der Waals surface area contributed by atoms with Gasteiger partial charge in [-0.25, -0.2) is 0 Å². The first kappa shape index (κ1) is 16.1. The average Bonchev–Trinajstić information content (AvgIpc) is 2.46. The topological polar surface area (TPSA) is 20.2 Å². The third-order valence-electron chi connectivity index (χ3n) is 3.88. The Morgan fingerprint density at radius 3 is 1.86 bits per heavy atom. The van der Waals surface area contributed by atoms with Crippen LogP contribution in [0, 0.1) is 0 Å². The predicted molar refractivity (Wildman–Crippen MR) is 90.1 cm³/mol. The van der Waals surface area contributed by atoms with Crippen LogP contribution in [0.4, 0.5) is 0 Å². The molecule has 1 N–H and O–H groups in total. The zero-order valence-electron chi connectivity index (χ0n) is 13.1. The zero-order chi connectivity index (χ0) is 15.6. The first-order valence-corrected chi connectivity index (χ1v) is 7.85. The molecular formula is C19H23ClO. The van der Waals surface area contributed by atoms with E-state index in [2.05, 4.69) is 45.9 Å². The molecule has 2 aromatic carbocycles. The van der Waals surface area contributed by atoms with Crippen molar-refractivity contribution < 1.29 is 5.11 Å². The maximum atomic E-state index is 10.7. The molecule has 0 amide bonds. The molecule has 1 atom stereocenters. The van der Waals surface area contributed by atoms with Gasteiger partial charge < -0.3 is 5.11 Å². The quantitative estimate of drug-likeness (QED) is 0.771. The summed E-state index contributed by atoms with van der Waals surface area (Å²) in [6, 6.07) is 13.8. The van der Waals surface area contributed by atoms with E-state index in [0.717, 1.165) is 11.1 Å². The fraction of sp³-hybridized carbons (Fsp3) is 0.368. The minimum absolute atomic E-state index is 0.376. The zero-order valence-corrected chi connectivity index (χ0v) is 13.9. The van der Waals surface area contributed by atoms with E-state index < -0.39 is 6.10 Å². The standard InChI is InChI=1S/C19H23ClO/c1-12(2)15-7-10-17(18(11-15)13(3)4)19(21)14-5-8-16(20)9-6-14/h5-13,19,21H,1-4H3.